The van der Waals surface area contributed by atoms with Gasteiger partial charge in [0.1, 0.15) is 0 Å². The topological polar surface area (TPSA) is 68.2 Å². The second-order valence-corrected chi connectivity index (χ2v) is 5.55. The van der Waals surface area contributed by atoms with Crippen LogP contribution in [-0.2, 0) is 4.79 Å². The van der Waals surface area contributed by atoms with Crippen LogP contribution in [0.2, 0.25) is 0 Å². The minimum atomic E-state index is 0.0796. The fraction of sp³-hybridized carbons (Fsp3) is 0.714. The highest BCUT2D eigenvalue weighted by Crippen LogP contribution is 2.12. The third kappa shape index (κ3) is 5.03. The highest BCUT2D eigenvalue weighted by atomic mass is 16.2. The van der Waals surface area contributed by atoms with Gasteiger partial charge >= 0.3 is 0 Å². The van der Waals surface area contributed by atoms with Crippen LogP contribution in [0.5, 0.6) is 0 Å². The first-order valence-corrected chi connectivity index (χ1v) is 6.94. The van der Waals surface area contributed by atoms with E-state index in [9.17, 15) is 4.79 Å². The summed E-state index contributed by atoms with van der Waals surface area (Å²) >= 11 is 0. The van der Waals surface area contributed by atoms with Gasteiger partial charge in [0.25, 0.3) is 0 Å². The van der Waals surface area contributed by atoms with E-state index in [0.717, 1.165) is 12.1 Å². The van der Waals surface area contributed by atoms with Gasteiger partial charge in [0, 0.05) is 25.3 Å². The second-order valence-electron chi connectivity index (χ2n) is 5.55. The zero-order valence-corrected chi connectivity index (χ0v) is 12.4. The molecule has 1 aliphatic heterocycles. The number of rotatable bonds is 6. The summed E-state index contributed by atoms with van der Waals surface area (Å²) in [6.45, 7) is 10.6. The molecule has 1 fully saturated rings. The molecule has 0 aliphatic carbocycles. The highest BCUT2D eigenvalue weighted by molar-refractivity contribution is 6.01. The Hall–Kier alpha value is -1.36. The number of carbonyl (C=O) groups is 1. The summed E-state index contributed by atoms with van der Waals surface area (Å²) in [7, 11) is 0. The van der Waals surface area contributed by atoms with Crippen LogP contribution in [0.1, 0.15) is 27.7 Å². The van der Waals surface area contributed by atoms with Crippen LogP contribution in [-0.4, -0.2) is 48.7 Å². The second kappa shape index (κ2) is 7.28. The van der Waals surface area contributed by atoms with E-state index in [0.29, 0.717) is 31.4 Å². The number of amides is 1. The van der Waals surface area contributed by atoms with Crippen molar-refractivity contribution in [3.8, 4) is 0 Å². The van der Waals surface area contributed by atoms with Crippen molar-refractivity contribution >= 4 is 11.6 Å². The summed E-state index contributed by atoms with van der Waals surface area (Å²) in [5, 5.41) is 14.5. The minimum Gasteiger partial charge on any atom is -0.388 e. The maximum absolute atomic E-state index is 11.7. The Balaban J connectivity index is 2.66. The molecule has 1 saturated heterocycles. The van der Waals surface area contributed by atoms with Gasteiger partial charge in [-0.1, -0.05) is 13.8 Å². The van der Waals surface area contributed by atoms with Crippen LogP contribution in [0, 0.1) is 11.3 Å². The molecule has 19 heavy (non-hydrogen) atoms. The molecular formula is C14H26N4O. The zero-order chi connectivity index (χ0) is 14.4. The van der Waals surface area contributed by atoms with E-state index in [1.54, 1.807) is 4.90 Å². The van der Waals surface area contributed by atoms with Crippen molar-refractivity contribution < 1.29 is 4.79 Å². The summed E-state index contributed by atoms with van der Waals surface area (Å²) in [6, 6.07) is 0.349. The molecule has 0 aromatic rings. The van der Waals surface area contributed by atoms with E-state index in [-0.39, 0.29) is 11.8 Å². The van der Waals surface area contributed by atoms with Crippen molar-refractivity contribution in [2.24, 2.45) is 5.92 Å². The van der Waals surface area contributed by atoms with Crippen LogP contribution >= 0.6 is 0 Å². The monoisotopic (exact) mass is 266 g/mol. The quantitative estimate of drug-likeness (QED) is 0.628. The Morgan fingerprint density at radius 3 is 2.68 bits per heavy atom. The molecule has 3 N–H and O–H groups in total. The van der Waals surface area contributed by atoms with Gasteiger partial charge in [-0.3, -0.25) is 4.79 Å². The Bertz CT molecular complexity index is 360. The van der Waals surface area contributed by atoms with Gasteiger partial charge in [-0.15, -0.1) is 0 Å². The van der Waals surface area contributed by atoms with Crippen molar-refractivity contribution in [2.45, 2.75) is 33.7 Å². The molecule has 0 aromatic carbocycles. The molecule has 5 heteroatoms. The zero-order valence-electron chi connectivity index (χ0n) is 12.4. The average Bonchev–Trinajstić information content (AvgIpc) is 2.31. The lowest BCUT2D eigenvalue weighted by atomic mass is 9.98. The van der Waals surface area contributed by atoms with Gasteiger partial charge < -0.3 is 20.9 Å². The molecule has 0 bridgehead atoms. The smallest absolute Gasteiger partial charge is 0.236 e. The van der Waals surface area contributed by atoms with E-state index in [2.05, 4.69) is 38.3 Å². The normalized spacial score (nSPS) is 17.3. The third-order valence-electron chi connectivity index (χ3n) is 3.08. The Labute approximate surface area is 115 Å². The maximum Gasteiger partial charge on any atom is 0.236 e. The largest absolute Gasteiger partial charge is 0.388 e. The number of hydrogen-bond donors (Lipinski definition) is 3. The van der Waals surface area contributed by atoms with E-state index < -0.39 is 0 Å². The predicted molar refractivity (Wildman–Crippen MR) is 78.4 cm³/mol. The summed E-state index contributed by atoms with van der Waals surface area (Å²) in [5.74, 6) is 0.354. The van der Waals surface area contributed by atoms with E-state index in [1.165, 1.54) is 0 Å². The summed E-state index contributed by atoms with van der Waals surface area (Å²) in [5.41, 5.74) is 1.50. The highest BCUT2D eigenvalue weighted by Gasteiger charge is 2.20. The molecule has 108 valence electrons. The lowest BCUT2D eigenvalue weighted by Crippen LogP contribution is -2.50. The molecule has 1 heterocycles. The summed E-state index contributed by atoms with van der Waals surface area (Å²) < 4.78 is 0. The first-order chi connectivity index (χ1) is 8.91. The lowest BCUT2D eigenvalue weighted by molar-refractivity contribution is -0.131. The van der Waals surface area contributed by atoms with Crippen molar-refractivity contribution in [2.75, 3.05) is 26.2 Å². The van der Waals surface area contributed by atoms with Gasteiger partial charge in [-0.05, 0) is 25.3 Å². The van der Waals surface area contributed by atoms with Gasteiger partial charge in [0.15, 0.2) is 0 Å². The summed E-state index contributed by atoms with van der Waals surface area (Å²) in [4.78, 5) is 13.5. The van der Waals surface area contributed by atoms with Crippen molar-refractivity contribution in [1.29, 1.82) is 5.41 Å². The fourth-order valence-electron chi connectivity index (χ4n) is 1.95. The molecule has 0 spiro atoms. The average molecular weight is 266 g/mol. The van der Waals surface area contributed by atoms with Crippen molar-refractivity contribution in [3.05, 3.63) is 11.8 Å². The van der Waals surface area contributed by atoms with Crippen LogP contribution in [0.15, 0.2) is 11.8 Å². The number of nitrogens with one attached hydrogen (secondary N) is 3. The Morgan fingerprint density at radius 2 is 2.16 bits per heavy atom. The molecule has 1 amide bonds. The number of hydrogen-bond acceptors (Lipinski definition) is 4. The Morgan fingerprint density at radius 1 is 1.47 bits per heavy atom. The van der Waals surface area contributed by atoms with E-state index >= 15 is 0 Å². The van der Waals surface area contributed by atoms with Gasteiger partial charge in [0.2, 0.25) is 5.91 Å². The van der Waals surface area contributed by atoms with Gasteiger partial charge in [-0.25, -0.2) is 0 Å². The van der Waals surface area contributed by atoms with E-state index in [1.807, 2.05) is 6.20 Å². The van der Waals surface area contributed by atoms with Crippen LogP contribution in [0.4, 0.5) is 0 Å². The standard InChI is InChI=1S/C14H26N4O/c1-10(2)12(7-17-11(3)4)13(15)9-18-6-5-16-8-14(18)19/h7,10-11,15-17H,5-6,8-9H2,1-4H3/b12-7-,15-13?. The number of nitrogens with zero attached hydrogens (tertiary/aromatic N) is 1. The SMILES string of the molecule is CC(C)N/C=C(\C(=N)CN1CCNCC1=O)C(C)C. The first-order valence-electron chi connectivity index (χ1n) is 6.94. The molecule has 0 unspecified atom stereocenters. The molecule has 0 atom stereocenters. The first kappa shape index (κ1) is 15.7. The van der Waals surface area contributed by atoms with Gasteiger partial charge in [0.05, 0.1) is 18.8 Å². The Kier molecular flexibility index (Phi) is 6.02. The minimum absolute atomic E-state index is 0.0796. The molecular weight excluding hydrogens is 240 g/mol. The molecule has 1 aliphatic rings. The summed E-state index contributed by atoms with van der Waals surface area (Å²) in [6.07, 6.45) is 1.92. The lowest BCUT2D eigenvalue weighted by Gasteiger charge is -2.28. The molecule has 5 nitrogen and oxygen atoms in total. The maximum atomic E-state index is 11.7. The van der Waals surface area contributed by atoms with Crippen LogP contribution < -0.4 is 10.6 Å². The molecule has 1 rings (SSSR count). The number of carbonyl (C=O) groups excluding carboxylic acids is 1. The van der Waals surface area contributed by atoms with Gasteiger partial charge in [-0.2, -0.15) is 0 Å². The molecule has 0 radical (unpaired) electrons. The predicted octanol–water partition coefficient (Wildman–Crippen LogP) is 0.976. The van der Waals surface area contributed by atoms with Crippen molar-refractivity contribution in [3.63, 3.8) is 0 Å². The van der Waals surface area contributed by atoms with Crippen molar-refractivity contribution in [1.82, 2.24) is 15.5 Å². The molecule has 0 aromatic heterocycles. The van der Waals surface area contributed by atoms with E-state index in [4.69, 9.17) is 5.41 Å². The molecule has 0 saturated carbocycles. The van der Waals surface area contributed by atoms with Crippen LogP contribution in [0.25, 0.3) is 0 Å². The third-order valence-corrected chi connectivity index (χ3v) is 3.08. The number of piperazine rings is 1. The van der Waals surface area contributed by atoms with Crippen LogP contribution in [0.3, 0.4) is 0 Å². The fourth-order valence-corrected chi connectivity index (χ4v) is 1.95.